The van der Waals surface area contributed by atoms with Crippen LogP contribution in [0.4, 0.5) is 10.1 Å². The Kier molecular flexibility index (Phi) is 7.41. The van der Waals surface area contributed by atoms with E-state index in [1.54, 1.807) is 6.07 Å². The summed E-state index contributed by atoms with van der Waals surface area (Å²) < 4.78 is 15.9. The van der Waals surface area contributed by atoms with Crippen LogP contribution in [0.1, 0.15) is 78.3 Å². The largest absolute Gasteiger partial charge is 0.358 e. The Morgan fingerprint density at radius 3 is 2.33 bits per heavy atom. The number of aromatic amines is 1. The van der Waals surface area contributed by atoms with E-state index in [1.165, 1.54) is 6.07 Å². The number of rotatable bonds is 5. The molecule has 3 aromatic carbocycles. The summed E-state index contributed by atoms with van der Waals surface area (Å²) in [6.07, 6.45) is 0.585. The van der Waals surface area contributed by atoms with E-state index in [-0.39, 0.29) is 11.8 Å². The van der Waals surface area contributed by atoms with E-state index in [2.05, 4.69) is 37.6 Å². The van der Waals surface area contributed by atoms with Crippen LogP contribution in [-0.2, 0) is 10.2 Å². The lowest BCUT2D eigenvalue weighted by Crippen LogP contribution is -2.54. The molecule has 1 aromatic heterocycles. The zero-order valence-corrected chi connectivity index (χ0v) is 27.8. The molecule has 1 saturated heterocycles. The zero-order valence-electron chi connectivity index (χ0n) is 27.1. The van der Waals surface area contributed by atoms with Gasteiger partial charge in [0.15, 0.2) is 0 Å². The number of nitrogens with one attached hydrogen (secondary N) is 1. The number of benzene rings is 3. The summed E-state index contributed by atoms with van der Waals surface area (Å²) in [6.45, 7) is 14.1. The maximum absolute atomic E-state index is 15.9. The third kappa shape index (κ3) is 4.70. The van der Waals surface area contributed by atoms with E-state index in [1.807, 2.05) is 71.3 Å². The lowest BCUT2D eigenvalue weighted by atomic mass is 9.65. The van der Waals surface area contributed by atoms with E-state index < -0.39 is 22.7 Å². The van der Waals surface area contributed by atoms with Gasteiger partial charge in [-0.25, -0.2) is 4.39 Å². The van der Waals surface area contributed by atoms with Crippen molar-refractivity contribution in [2.45, 2.75) is 57.9 Å². The molecular formula is C38H40ClFN4O2. The minimum Gasteiger partial charge on any atom is -0.358 e. The minimum absolute atomic E-state index is 0.0914. The summed E-state index contributed by atoms with van der Waals surface area (Å²) in [5.74, 6) is -1.48. The van der Waals surface area contributed by atoms with Crippen molar-refractivity contribution in [3.05, 3.63) is 111 Å². The summed E-state index contributed by atoms with van der Waals surface area (Å²) in [5, 5.41) is 0.633. The van der Waals surface area contributed by atoms with Crippen LogP contribution in [0, 0.1) is 12.7 Å². The van der Waals surface area contributed by atoms with Crippen molar-refractivity contribution in [1.29, 1.82) is 0 Å². The van der Waals surface area contributed by atoms with Gasteiger partial charge in [-0.2, -0.15) is 0 Å². The Balaban J connectivity index is 1.46. The third-order valence-corrected chi connectivity index (χ3v) is 10.7. The Hall–Kier alpha value is -3.94. The second-order valence-corrected chi connectivity index (χ2v) is 14.3. The first kappa shape index (κ1) is 30.7. The minimum atomic E-state index is -0.854. The molecule has 0 saturated carbocycles. The number of amides is 2. The van der Waals surface area contributed by atoms with Crippen LogP contribution in [0.2, 0.25) is 5.02 Å². The van der Waals surface area contributed by atoms with Gasteiger partial charge in [0.2, 0.25) is 5.91 Å². The van der Waals surface area contributed by atoms with Gasteiger partial charge in [-0.15, -0.1) is 0 Å². The number of hydrogen-bond donors (Lipinski definition) is 1. The fraction of sp³-hybridized carbons (Fsp3) is 0.368. The van der Waals surface area contributed by atoms with Crippen molar-refractivity contribution in [2.24, 2.45) is 0 Å². The van der Waals surface area contributed by atoms with Gasteiger partial charge in [0.05, 0.1) is 22.9 Å². The molecule has 3 aliphatic heterocycles. The average Bonchev–Trinajstić information content (AvgIpc) is 3.53. The molecular weight excluding hydrogens is 599 g/mol. The van der Waals surface area contributed by atoms with E-state index in [0.717, 1.165) is 47.7 Å². The number of nitrogens with zero attached hydrogens (tertiary/aromatic N) is 3. The molecule has 46 heavy (non-hydrogen) atoms. The second kappa shape index (κ2) is 11.1. The Morgan fingerprint density at radius 1 is 1.00 bits per heavy atom. The highest BCUT2D eigenvalue weighted by atomic mass is 35.5. The van der Waals surface area contributed by atoms with Crippen molar-refractivity contribution in [3.63, 3.8) is 0 Å². The maximum atomic E-state index is 15.9. The van der Waals surface area contributed by atoms with Crippen molar-refractivity contribution in [3.8, 4) is 11.3 Å². The van der Waals surface area contributed by atoms with E-state index in [0.29, 0.717) is 46.9 Å². The second-order valence-electron chi connectivity index (χ2n) is 13.8. The molecule has 0 bridgehead atoms. The number of piperazine rings is 1. The SMILES string of the molecule is CCN1CCN(C(=O)c2c(C)[nH]c(-c3ccccc3)c2C2C(=O)N3c4c2cc(F)cc4C(C)(c2ccc(Cl)cc2)CC3(C)C)CC1. The first-order chi connectivity index (χ1) is 21.9. The number of hydrogen-bond acceptors (Lipinski definition) is 3. The summed E-state index contributed by atoms with van der Waals surface area (Å²) >= 11 is 6.27. The number of aromatic nitrogens is 1. The number of aryl methyl sites for hydroxylation is 1. The first-order valence-electron chi connectivity index (χ1n) is 16.2. The number of carbonyl (C=O) groups is 2. The molecule has 2 unspecified atom stereocenters. The Labute approximate surface area is 275 Å². The monoisotopic (exact) mass is 638 g/mol. The molecule has 2 atom stereocenters. The van der Waals surface area contributed by atoms with Gasteiger partial charge in [-0.3, -0.25) is 9.59 Å². The molecule has 1 fully saturated rings. The molecule has 1 N–H and O–H groups in total. The average molecular weight is 639 g/mol. The van der Waals surface area contributed by atoms with Crippen LogP contribution in [0.3, 0.4) is 0 Å². The zero-order chi connectivity index (χ0) is 32.5. The predicted molar refractivity (Wildman–Crippen MR) is 181 cm³/mol. The van der Waals surface area contributed by atoms with Crippen LogP contribution in [0.5, 0.6) is 0 Å². The lowest BCUT2D eigenvalue weighted by molar-refractivity contribution is -0.119. The van der Waals surface area contributed by atoms with E-state index in [4.69, 9.17) is 11.6 Å². The van der Waals surface area contributed by atoms with E-state index in [9.17, 15) is 9.59 Å². The van der Waals surface area contributed by atoms with Crippen LogP contribution >= 0.6 is 11.6 Å². The Morgan fingerprint density at radius 2 is 1.67 bits per heavy atom. The molecule has 238 valence electrons. The van der Waals surface area contributed by atoms with Gasteiger partial charge in [-0.05, 0) is 80.3 Å². The quantitative estimate of drug-likeness (QED) is 0.246. The molecule has 3 aliphatic rings. The summed E-state index contributed by atoms with van der Waals surface area (Å²) in [4.78, 5) is 39.1. The molecule has 7 rings (SSSR count). The molecule has 8 heteroatoms. The highest BCUT2D eigenvalue weighted by Crippen LogP contribution is 2.58. The summed E-state index contributed by atoms with van der Waals surface area (Å²) in [5.41, 5.74) is 5.41. The third-order valence-electron chi connectivity index (χ3n) is 10.5. The van der Waals surface area contributed by atoms with Gasteiger partial charge < -0.3 is 19.7 Å². The maximum Gasteiger partial charge on any atom is 0.256 e. The van der Waals surface area contributed by atoms with Gasteiger partial charge >= 0.3 is 0 Å². The highest BCUT2D eigenvalue weighted by Gasteiger charge is 2.55. The number of H-pyrrole nitrogens is 1. The predicted octanol–water partition coefficient (Wildman–Crippen LogP) is 7.53. The fourth-order valence-electron chi connectivity index (χ4n) is 8.34. The standard InChI is InChI=1S/C38H40ClFN4O2/c1-6-42-16-18-43(19-17-42)35(45)30-23(2)41-33(24-10-8-7-9-11-24)32(30)31-28-20-27(40)21-29-34(28)44(36(31)46)37(3,4)22-38(29,5)25-12-14-26(39)15-13-25/h7-15,20-21,31,41H,6,16-19,22H2,1-5H3. The molecule has 0 aliphatic carbocycles. The summed E-state index contributed by atoms with van der Waals surface area (Å²) in [7, 11) is 0. The van der Waals surface area contributed by atoms with Gasteiger partial charge in [0, 0.05) is 53.4 Å². The van der Waals surface area contributed by atoms with Crippen molar-refractivity contribution < 1.29 is 14.0 Å². The van der Waals surface area contributed by atoms with E-state index >= 15 is 4.39 Å². The smallest absolute Gasteiger partial charge is 0.256 e. The molecule has 0 radical (unpaired) electrons. The first-order valence-corrected chi connectivity index (χ1v) is 16.6. The topological polar surface area (TPSA) is 59.7 Å². The molecule has 0 spiro atoms. The van der Waals surface area contributed by atoms with Crippen LogP contribution < -0.4 is 4.90 Å². The van der Waals surface area contributed by atoms with Crippen molar-refractivity contribution in [2.75, 3.05) is 37.6 Å². The van der Waals surface area contributed by atoms with Crippen LogP contribution in [-0.4, -0.2) is 64.9 Å². The molecule has 4 heterocycles. The number of anilines is 1. The normalized spacial score (nSPS) is 22.3. The summed E-state index contributed by atoms with van der Waals surface area (Å²) in [6, 6.07) is 20.6. The lowest BCUT2D eigenvalue weighted by Gasteiger charge is -2.50. The van der Waals surface area contributed by atoms with Crippen LogP contribution in [0.25, 0.3) is 11.3 Å². The highest BCUT2D eigenvalue weighted by molar-refractivity contribution is 6.30. The number of likely N-dealkylation sites (N-methyl/N-ethyl adjacent to an activating group) is 1. The number of carbonyl (C=O) groups excluding carboxylic acids is 2. The van der Waals surface area contributed by atoms with Crippen molar-refractivity contribution >= 4 is 29.1 Å². The van der Waals surface area contributed by atoms with Gasteiger partial charge in [-0.1, -0.05) is 67.9 Å². The van der Waals surface area contributed by atoms with Gasteiger partial charge in [0.1, 0.15) is 5.82 Å². The van der Waals surface area contributed by atoms with Gasteiger partial charge in [0.25, 0.3) is 5.91 Å². The van der Waals surface area contributed by atoms with Crippen LogP contribution in [0.15, 0.2) is 66.7 Å². The van der Waals surface area contributed by atoms with Crippen molar-refractivity contribution in [1.82, 2.24) is 14.8 Å². The molecule has 6 nitrogen and oxygen atoms in total. The molecule has 2 amide bonds. The molecule has 4 aromatic rings. The Bertz CT molecular complexity index is 1840. The number of halogens is 2. The fourth-order valence-corrected chi connectivity index (χ4v) is 8.47.